The Hall–Kier alpha value is -0.620. The highest BCUT2D eigenvalue weighted by molar-refractivity contribution is 7.93. The molecule has 5 nitrogen and oxygen atoms in total. The number of nitrogens with zero attached hydrogens (tertiary/aromatic N) is 2. The molecule has 1 amide bonds. The van der Waals surface area contributed by atoms with E-state index in [2.05, 4.69) is 4.90 Å². The van der Waals surface area contributed by atoms with Crippen LogP contribution in [0.15, 0.2) is 0 Å². The Bertz CT molecular complexity index is 455. The van der Waals surface area contributed by atoms with Crippen LogP contribution in [-0.2, 0) is 14.6 Å². The summed E-state index contributed by atoms with van der Waals surface area (Å²) in [6, 6.07) is 0. The van der Waals surface area contributed by atoms with E-state index in [1.807, 2.05) is 0 Å². The molecule has 0 aromatic rings. The highest BCUT2D eigenvalue weighted by Crippen LogP contribution is 2.29. The summed E-state index contributed by atoms with van der Waals surface area (Å²) in [6.45, 7) is 9.13. The van der Waals surface area contributed by atoms with Gasteiger partial charge in [-0.3, -0.25) is 9.69 Å². The molecule has 0 aromatic carbocycles. The Balaban J connectivity index is 1.82. The summed E-state index contributed by atoms with van der Waals surface area (Å²) >= 11 is 0. The molecule has 0 aromatic heterocycles. The third kappa shape index (κ3) is 3.95. The molecule has 6 heteroatoms. The van der Waals surface area contributed by atoms with Crippen LogP contribution in [0.2, 0.25) is 0 Å². The van der Waals surface area contributed by atoms with Crippen LogP contribution >= 0.6 is 0 Å². The number of hydrogen-bond acceptors (Lipinski definition) is 4. The first-order chi connectivity index (χ1) is 9.19. The van der Waals surface area contributed by atoms with Crippen LogP contribution < -0.4 is 0 Å². The van der Waals surface area contributed by atoms with Crippen LogP contribution in [-0.4, -0.2) is 67.3 Å². The van der Waals surface area contributed by atoms with E-state index in [0.717, 1.165) is 25.6 Å². The summed E-state index contributed by atoms with van der Waals surface area (Å²) in [4.78, 5) is 16.2. The number of rotatable bonds is 4. The summed E-state index contributed by atoms with van der Waals surface area (Å²) in [6.07, 6.45) is 2.67. The molecule has 1 saturated heterocycles. The molecule has 2 aliphatic rings. The van der Waals surface area contributed by atoms with Gasteiger partial charge in [0.05, 0.1) is 4.75 Å². The molecule has 1 aliphatic carbocycles. The van der Waals surface area contributed by atoms with Crippen LogP contribution in [0.4, 0.5) is 0 Å². The van der Waals surface area contributed by atoms with Gasteiger partial charge in [-0.25, -0.2) is 8.42 Å². The average molecular weight is 302 g/mol. The number of carbonyl (C=O) groups excluding carboxylic acids is 1. The van der Waals surface area contributed by atoms with Gasteiger partial charge < -0.3 is 4.90 Å². The molecule has 0 N–H and O–H groups in total. The molecular formula is C14H26N2O3S. The van der Waals surface area contributed by atoms with Crippen molar-refractivity contribution in [2.24, 2.45) is 5.92 Å². The predicted molar refractivity (Wildman–Crippen MR) is 79.3 cm³/mol. The minimum Gasteiger partial charge on any atom is -0.339 e. The molecular weight excluding hydrogens is 276 g/mol. The highest BCUT2D eigenvalue weighted by Gasteiger charge is 2.34. The SMILES string of the molecule is CC(C)(C)S(=O)(=O)CC(=O)N1CCN(CC2CC2)CC1. The third-order valence-electron chi connectivity index (χ3n) is 4.18. The second-order valence-corrected chi connectivity index (χ2v) is 9.74. The van der Waals surface area contributed by atoms with Gasteiger partial charge in [0, 0.05) is 32.7 Å². The minimum atomic E-state index is -3.37. The van der Waals surface area contributed by atoms with E-state index in [-0.39, 0.29) is 11.7 Å². The lowest BCUT2D eigenvalue weighted by Gasteiger charge is -2.35. The fraction of sp³-hybridized carbons (Fsp3) is 0.929. The Morgan fingerprint density at radius 2 is 1.65 bits per heavy atom. The maximum Gasteiger partial charge on any atom is 0.237 e. The van der Waals surface area contributed by atoms with Crippen LogP contribution in [0.5, 0.6) is 0 Å². The molecule has 0 atom stereocenters. The van der Waals surface area contributed by atoms with E-state index in [9.17, 15) is 13.2 Å². The fourth-order valence-electron chi connectivity index (χ4n) is 2.32. The number of carbonyl (C=O) groups is 1. The number of amides is 1. The quantitative estimate of drug-likeness (QED) is 0.769. The van der Waals surface area contributed by atoms with Crippen LogP contribution in [0, 0.1) is 5.92 Å². The molecule has 1 aliphatic heterocycles. The molecule has 0 radical (unpaired) electrons. The van der Waals surface area contributed by atoms with Gasteiger partial charge in [-0.2, -0.15) is 0 Å². The lowest BCUT2D eigenvalue weighted by Crippen LogP contribution is -2.51. The largest absolute Gasteiger partial charge is 0.339 e. The van der Waals surface area contributed by atoms with Gasteiger partial charge in [-0.1, -0.05) is 0 Å². The Kier molecular flexibility index (Phi) is 4.44. The Labute approximate surface area is 122 Å². The topological polar surface area (TPSA) is 57.7 Å². The fourth-order valence-corrected chi connectivity index (χ4v) is 3.26. The summed E-state index contributed by atoms with van der Waals surface area (Å²) in [5, 5.41) is 0. The van der Waals surface area contributed by atoms with Gasteiger partial charge in [-0.15, -0.1) is 0 Å². The van der Waals surface area contributed by atoms with Gasteiger partial charge in [0.2, 0.25) is 5.91 Å². The molecule has 1 saturated carbocycles. The van der Waals surface area contributed by atoms with Crippen molar-refractivity contribution in [2.45, 2.75) is 38.4 Å². The number of hydrogen-bond donors (Lipinski definition) is 0. The zero-order chi connectivity index (χ0) is 15.0. The predicted octanol–water partition coefficient (Wildman–Crippen LogP) is 0.754. The molecule has 20 heavy (non-hydrogen) atoms. The van der Waals surface area contributed by atoms with Crippen molar-refractivity contribution in [3.05, 3.63) is 0 Å². The molecule has 116 valence electrons. The molecule has 0 unspecified atom stereocenters. The van der Waals surface area contributed by atoms with Gasteiger partial charge in [-0.05, 0) is 39.5 Å². The van der Waals surface area contributed by atoms with Crippen molar-refractivity contribution in [1.82, 2.24) is 9.80 Å². The van der Waals surface area contributed by atoms with E-state index in [4.69, 9.17) is 0 Å². The van der Waals surface area contributed by atoms with Gasteiger partial charge >= 0.3 is 0 Å². The maximum atomic E-state index is 12.1. The highest BCUT2D eigenvalue weighted by atomic mass is 32.2. The van der Waals surface area contributed by atoms with Crippen molar-refractivity contribution < 1.29 is 13.2 Å². The van der Waals surface area contributed by atoms with E-state index in [1.165, 1.54) is 12.8 Å². The second-order valence-electron chi connectivity index (χ2n) is 7.00. The van der Waals surface area contributed by atoms with Crippen molar-refractivity contribution in [3.63, 3.8) is 0 Å². The first kappa shape index (κ1) is 15.8. The molecule has 2 fully saturated rings. The van der Waals surface area contributed by atoms with E-state index in [0.29, 0.717) is 13.1 Å². The average Bonchev–Trinajstić information content (AvgIpc) is 3.11. The van der Waals surface area contributed by atoms with E-state index < -0.39 is 14.6 Å². The Morgan fingerprint density at radius 3 is 2.10 bits per heavy atom. The van der Waals surface area contributed by atoms with Crippen molar-refractivity contribution >= 4 is 15.7 Å². The zero-order valence-electron chi connectivity index (χ0n) is 12.8. The van der Waals surface area contributed by atoms with Crippen molar-refractivity contribution in [3.8, 4) is 0 Å². The number of piperazine rings is 1. The van der Waals surface area contributed by atoms with Crippen LogP contribution in [0.3, 0.4) is 0 Å². The monoisotopic (exact) mass is 302 g/mol. The van der Waals surface area contributed by atoms with Crippen molar-refractivity contribution in [2.75, 3.05) is 38.5 Å². The lowest BCUT2D eigenvalue weighted by molar-refractivity contribution is -0.130. The Morgan fingerprint density at radius 1 is 1.10 bits per heavy atom. The second kappa shape index (κ2) is 5.64. The van der Waals surface area contributed by atoms with Gasteiger partial charge in [0.25, 0.3) is 0 Å². The summed E-state index contributed by atoms with van der Waals surface area (Å²) in [7, 11) is -3.37. The van der Waals surface area contributed by atoms with Gasteiger partial charge in [0.1, 0.15) is 5.75 Å². The molecule has 0 bridgehead atoms. The summed E-state index contributed by atoms with van der Waals surface area (Å²) < 4.78 is 23.3. The van der Waals surface area contributed by atoms with E-state index >= 15 is 0 Å². The maximum absolute atomic E-state index is 12.1. The third-order valence-corrected chi connectivity index (χ3v) is 6.68. The van der Waals surface area contributed by atoms with Gasteiger partial charge in [0.15, 0.2) is 9.84 Å². The normalized spacial score (nSPS) is 22.1. The zero-order valence-corrected chi connectivity index (χ0v) is 13.6. The van der Waals surface area contributed by atoms with Crippen LogP contribution in [0.25, 0.3) is 0 Å². The standard InChI is InChI=1S/C14H26N2O3S/c1-14(2,3)20(18,19)11-13(17)16-8-6-15(7-9-16)10-12-4-5-12/h12H,4-11H2,1-3H3. The molecule has 1 heterocycles. The first-order valence-electron chi connectivity index (χ1n) is 7.41. The first-order valence-corrected chi connectivity index (χ1v) is 9.07. The summed E-state index contributed by atoms with van der Waals surface area (Å²) in [5.74, 6) is 0.253. The minimum absolute atomic E-state index is 0.244. The van der Waals surface area contributed by atoms with Crippen molar-refractivity contribution in [1.29, 1.82) is 0 Å². The van der Waals surface area contributed by atoms with Crippen LogP contribution in [0.1, 0.15) is 33.6 Å². The molecule has 2 rings (SSSR count). The molecule has 0 spiro atoms. The number of sulfone groups is 1. The van der Waals surface area contributed by atoms with E-state index in [1.54, 1.807) is 25.7 Å². The smallest absolute Gasteiger partial charge is 0.237 e. The lowest BCUT2D eigenvalue weighted by atomic mass is 10.3. The summed E-state index contributed by atoms with van der Waals surface area (Å²) in [5.41, 5.74) is 0.